The van der Waals surface area contributed by atoms with Crippen LogP contribution in [-0.4, -0.2) is 12.3 Å². The van der Waals surface area contributed by atoms with E-state index in [4.69, 9.17) is 0 Å². The topological polar surface area (TPSA) is 29.1 Å². The van der Waals surface area contributed by atoms with Gasteiger partial charge in [-0.2, -0.15) is 0 Å². The van der Waals surface area contributed by atoms with Crippen LogP contribution in [0.25, 0.3) is 0 Å². The van der Waals surface area contributed by atoms with Gasteiger partial charge in [-0.3, -0.25) is 0 Å². The maximum absolute atomic E-state index is 13.5. The molecule has 0 heterocycles. The van der Waals surface area contributed by atoms with E-state index in [0.29, 0.717) is 11.8 Å². The number of carbonyl (C=O) groups excluding carboxylic acids is 1. The van der Waals surface area contributed by atoms with Gasteiger partial charge >= 0.3 is 0 Å². The molecule has 0 aromatic heterocycles. The lowest BCUT2D eigenvalue weighted by molar-refractivity contribution is -0.108. The van der Waals surface area contributed by atoms with Gasteiger partial charge < -0.3 is 10.1 Å². The van der Waals surface area contributed by atoms with E-state index in [9.17, 15) is 26.7 Å². The number of aldehydes is 1. The van der Waals surface area contributed by atoms with Gasteiger partial charge in [0.1, 0.15) is 12.0 Å². The normalized spacial score (nSPS) is 12.0. The third kappa shape index (κ3) is 3.08. The highest BCUT2D eigenvalue weighted by Crippen LogP contribution is 2.27. The number of hydrogen-bond donors (Lipinski definition) is 1. The Morgan fingerprint density at radius 3 is 1.86 bits per heavy atom. The van der Waals surface area contributed by atoms with Crippen molar-refractivity contribution in [3.8, 4) is 0 Å². The standard InChI is InChI=1S/C15H10F5NO/c16-10-11(17)13(19)15(14(20)12(10)18)21-9(7-22)6-8-4-2-1-3-5-8/h1-5,7,9,21H,6H2/t9-/m0/s1. The summed E-state index contributed by atoms with van der Waals surface area (Å²) in [6.07, 6.45) is 0.370. The van der Waals surface area contributed by atoms with E-state index in [2.05, 4.69) is 5.32 Å². The Kier molecular flexibility index (Phi) is 4.75. The molecule has 0 saturated carbocycles. The van der Waals surface area contributed by atoms with Gasteiger partial charge in [0.25, 0.3) is 0 Å². The maximum atomic E-state index is 13.5. The van der Waals surface area contributed by atoms with E-state index in [1.54, 1.807) is 30.3 Å². The molecular formula is C15H10F5NO. The Morgan fingerprint density at radius 1 is 0.864 bits per heavy atom. The fourth-order valence-corrected chi connectivity index (χ4v) is 1.92. The SMILES string of the molecule is O=C[C@H](Cc1ccccc1)Nc1c(F)c(F)c(F)c(F)c1F. The van der Waals surface area contributed by atoms with E-state index < -0.39 is 40.8 Å². The molecular weight excluding hydrogens is 305 g/mol. The highest BCUT2D eigenvalue weighted by molar-refractivity contribution is 5.65. The molecule has 0 bridgehead atoms. The minimum atomic E-state index is -2.24. The van der Waals surface area contributed by atoms with Gasteiger partial charge in [0.05, 0.1) is 6.04 Å². The summed E-state index contributed by atoms with van der Waals surface area (Å²) in [5.41, 5.74) is -0.555. The lowest BCUT2D eigenvalue weighted by atomic mass is 10.1. The van der Waals surface area contributed by atoms with Crippen LogP contribution in [0, 0.1) is 29.1 Å². The van der Waals surface area contributed by atoms with Gasteiger partial charge in [-0.15, -0.1) is 0 Å². The second kappa shape index (κ2) is 6.55. The Morgan fingerprint density at radius 2 is 1.36 bits per heavy atom. The first-order chi connectivity index (χ1) is 10.5. The van der Waals surface area contributed by atoms with Crippen LogP contribution in [0.1, 0.15) is 5.56 Å². The molecule has 0 radical (unpaired) electrons. The fourth-order valence-electron chi connectivity index (χ4n) is 1.92. The molecule has 0 aliphatic carbocycles. The summed E-state index contributed by atoms with van der Waals surface area (Å²) in [7, 11) is 0. The lowest BCUT2D eigenvalue weighted by Crippen LogP contribution is -2.26. The first-order valence-electron chi connectivity index (χ1n) is 6.23. The second-order valence-corrected chi connectivity index (χ2v) is 4.52. The molecule has 7 heteroatoms. The van der Waals surface area contributed by atoms with Gasteiger partial charge in [-0.25, -0.2) is 22.0 Å². The minimum absolute atomic E-state index is 0.0316. The van der Waals surface area contributed by atoms with E-state index in [-0.39, 0.29) is 6.42 Å². The Balaban J connectivity index is 2.31. The largest absolute Gasteiger partial charge is 0.370 e. The van der Waals surface area contributed by atoms with Crippen LogP contribution in [0.15, 0.2) is 30.3 Å². The third-order valence-corrected chi connectivity index (χ3v) is 3.00. The van der Waals surface area contributed by atoms with Crippen molar-refractivity contribution in [3.05, 3.63) is 65.0 Å². The number of rotatable bonds is 5. The summed E-state index contributed by atoms with van der Waals surface area (Å²) in [5, 5.41) is 2.06. The molecule has 0 amide bonds. The van der Waals surface area contributed by atoms with Crippen molar-refractivity contribution in [1.82, 2.24) is 0 Å². The van der Waals surface area contributed by atoms with Gasteiger partial charge in [-0.1, -0.05) is 30.3 Å². The summed E-state index contributed by atoms with van der Waals surface area (Å²) in [6.45, 7) is 0. The average molecular weight is 315 g/mol. The zero-order valence-corrected chi connectivity index (χ0v) is 11.0. The lowest BCUT2D eigenvalue weighted by Gasteiger charge is -2.16. The number of carbonyl (C=O) groups is 1. The van der Waals surface area contributed by atoms with E-state index in [1.165, 1.54) is 0 Å². The van der Waals surface area contributed by atoms with Gasteiger partial charge in [-0.05, 0) is 12.0 Å². The van der Waals surface area contributed by atoms with Crippen LogP contribution >= 0.6 is 0 Å². The molecule has 116 valence electrons. The van der Waals surface area contributed by atoms with Crippen molar-refractivity contribution in [3.63, 3.8) is 0 Å². The summed E-state index contributed by atoms with van der Waals surface area (Å²) in [4.78, 5) is 11.0. The molecule has 1 atom stereocenters. The van der Waals surface area contributed by atoms with E-state index in [0.717, 1.165) is 0 Å². The van der Waals surface area contributed by atoms with Crippen molar-refractivity contribution < 1.29 is 26.7 Å². The molecule has 0 aliphatic heterocycles. The minimum Gasteiger partial charge on any atom is -0.370 e. The Hall–Kier alpha value is -2.44. The molecule has 0 unspecified atom stereocenters. The van der Waals surface area contributed by atoms with Gasteiger partial charge in [0, 0.05) is 0 Å². The number of halogens is 5. The Labute approximate surface area is 122 Å². The van der Waals surface area contributed by atoms with Crippen molar-refractivity contribution in [1.29, 1.82) is 0 Å². The predicted octanol–water partition coefficient (Wildman–Crippen LogP) is 3.60. The summed E-state index contributed by atoms with van der Waals surface area (Å²) in [6, 6.07) is 7.30. The monoisotopic (exact) mass is 315 g/mol. The van der Waals surface area contributed by atoms with Crippen molar-refractivity contribution in [2.75, 3.05) is 5.32 Å². The molecule has 2 aromatic rings. The van der Waals surface area contributed by atoms with Crippen molar-refractivity contribution in [2.45, 2.75) is 12.5 Å². The highest BCUT2D eigenvalue weighted by Gasteiger charge is 2.27. The number of hydrogen-bond acceptors (Lipinski definition) is 2. The van der Waals surface area contributed by atoms with Gasteiger partial charge in [0.15, 0.2) is 23.3 Å². The van der Waals surface area contributed by atoms with Crippen LogP contribution in [-0.2, 0) is 11.2 Å². The van der Waals surface area contributed by atoms with Crippen LogP contribution in [0.4, 0.5) is 27.6 Å². The highest BCUT2D eigenvalue weighted by atomic mass is 19.2. The van der Waals surface area contributed by atoms with Crippen molar-refractivity contribution >= 4 is 12.0 Å². The van der Waals surface area contributed by atoms with Crippen LogP contribution in [0.5, 0.6) is 0 Å². The third-order valence-electron chi connectivity index (χ3n) is 3.00. The molecule has 2 rings (SSSR count). The first-order valence-corrected chi connectivity index (χ1v) is 6.23. The van der Waals surface area contributed by atoms with Crippen LogP contribution in [0.2, 0.25) is 0 Å². The summed E-state index contributed by atoms with van der Waals surface area (Å²) < 4.78 is 66.2. The number of nitrogens with one attached hydrogen (secondary N) is 1. The first kappa shape index (κ1) is 15.9. The van der Waals surface area contributed by atoms with E-state index in [1.807, 2.05) is 0 Å². The van der Waals surface area contributed by atoms with E-state index >= 15 is 0 Å². The molecule has 0 fully saturated rings. The van der Waals surface area contributed by atoms with Gasteiger partial charge in [0.2, 0.25) is 5.82 Å². The molecule has 0 aliphatic rings. The molecule has 2 aromatic carbocycles. The average Bonchev–Trinajstić information content (AvgIpc) is 2.55. The number of anilines is 1. The second-order valence-electron chi connectivity index (χ2n) is 4.52. The quantitative estimate of drug-likeness (QED) is 0.395. The maximum Gasteiger partial charge on any atom is 0.200 e. The molecule has 1 N–H and O–H groups in total. The zero-order chi connectivity index (χ0) is 16.3. The molecule has 0 spiro atoms. The van der Waals surface area contributed by atoms with Crippen LogP contribution < -0.4 is 5.32 Å². The summed E-state index contributed by atoms with van der Waals surface area (Å²) >= 11 is 0. The number of benzene rings is 2. The smallest absolute Gasteiger partial charge is 0.200 e. The molecule has 22 heavy (non-hydrogen) atoms. The van der Waals surface area contributed by atoms with Crippen LogP contribution in [0.3, 0.4) is 0 Å². The molecule has 2 nitrogen and oxygen atoms in total. The Bertz CT molecular complexity index is 661. The zero-order valence-electron chi connectivity index (χ0n) is 11.0. The fraction of sp³-hybridized carbons (Fsp3) is 0.133. The molecule has 0 saturated heterocycles. The summed E-state index contributed by atoms with van der Waals surface area (Å²) in [5.74, 6) is -10.4. The predicted molar refractivity (Wildman–Crippen MR) is 69.9 cm³/mol. The van der Waals surface area contributed by atoms with Crippen molar-refractivity contribution in [2.24, 2.45) is 0 Å².